The van der Waals surface area contributed by atoms with Gasteiger partial charge in [-0.05, 0) is 50.0 Å². The van der Waals surface area contributed by atoms with Crippen LogP contribution >= 0.6 is 35.7 Å². The molecule has 132 valence electrons. The lowest BCUT2D eigenvalue weighted by Crippen LogP contribution is -2.41. The van der Waals surface area contributed by atoms with Crippen LogP contribution in [0, 0.1) is 17.8 Å². The van der Waals surface area contributed by atoms with Gasteiger partial charge in [-0.15, -0.1) is 24.0 Å². The molecule has 4 rings (SSSR count). The standard InChI is InChI=1S/C17H29N3OS.HI/c1-2-18-17(19-9-12-5-7-22-8-6-12)20-10-13-14(11-20)16-4-3-15(13)21-16;/h12-16H,2-11H2,1H3,(H,18,19);1H. The van der Waals surface area contributed by atoms with E-state index in [0.29, 0.717) is 12.2 Å². The molecule has 0 aliphatic carbocycles. The van der Waals surface area contributed by atoms with Crippen LogP contribution in [0.1, 0.15) is 32.6 Å². The van der Waals surface area contributed by atoms with Gasteiger partial charge in [-0.25, -0.2) is 0 Å². The van der Waals surface area contributed by atoms with Crippen LogP contribution in [0.15, 0.2) is 4.99 Å². The summed E-state index contributed by atoms with van der Waals surface area (Å²) in [5.41, 5.74) is 0. The summed E-state index contributed by atoms with van der Waals surface area (Å²) in [6, 6.07) is 0. The Morgan fingerprint density at radius 3 is 2.39 bits per heavy atom. The third-order valence-corrected chi connectivity index (χ3v) is 6.98. The molecule has 4 nitrogen and oxygen atoms in total. The van der Waals surface area contributed by atoms with Crippen molar-refractivity contribution < 1.29 is 4.74 Å². The number of aliphatic imine (C=N–C) groups is 1. The van der Waals surface area contributed by atoms with Crippen LogP contribution in [-0.4, -0.2) is 60.8 Å². The van der Waals surface area contributed by atoms with Crippen molar-refractivity contribution in [1.82, 2.24) is 10.2 Å². The van der Waals surface area contributed by atoms with Gasteiger partial charge in [0.1, 0.15) is 0 Å². The Morgan fingerprint density at radius 2 is 1.78 bits per heavy atom. The van der Waals surface area contributed by atoms with Crippen molar-refractivity contribution in [3.63, 3.8) is 0 Å². The zero-order chi connectivity index (χ0) is 14.9. The first-order chi connectivity index (χ1) is 10.8. The summed E-state index contributed by atoms with van der Waals surface area (Å²) in [4.78, 5) is 7.52. The lowest BCUT2D eigenvalue weighted by Gasteiger charge is -2.25. The molecule has 4 aliphatic rings. The summed E-state index contributed by atoms with van der Waals surface area (Å²) < 4.78 is 6.09. The molecule has 4 saturated heterocycles. The molecular weight excluding hydrogens is 421 g/mol. The van der Waals surface area contributed by atoms with Gasteiger partial charge in [-0.3, -0.25) is 4.99 Å². The summed E-state index contributed by atoms with van der Waals surface area (Å²) in [5, 5.41) is 3.53. The number of rotatable bonds is 3. The molecule has 6 heteroatoms. The second kappa shape index (κ2) is 8.13. The SMILES string of the molecule is CCNC(=NCC1CCSCC1)N1CC2C3CCC(O3)C2C1.I. The number of nitrogens with zero attached hydrogens (tertiary/aromatic N) is 2. The predicted molar refractivity (Wildman–Crippen MR) is 108 cm³/mol. The molecule has 4 aliphatic heterocycles. The number of hydrogen-bond donors (Lipinski definition) is 1. The van der Waals surface area contributed by atoms with Crippen molar-refractivity contribution in [1.29, 1.82) is 0 Å². The van der Waals surface area contributed by atoms with E-state index in [1.165, 1.54) is 37.2 Å². The number of nitrogens with one attached hydrogen (secondary N) is 1. The fraction of sp³-hybridized carbons (Fsp3) is 0.941. The Morgan fingerprint density at radius 1 is 1.13 bits per heavy atom. The number of fused-ring (bicyclic) bond motifs is 5. The molecule has 0 aromatic carbocycles. The van der Waals surface area contributed by atoms with Crippen LogP contribution in [0.3, 0.4) is 0 Å². The predicted octanol–water partition coefficient (Wildman–Crippen LogP) is 2.82. The molecule has 0 aromatic rings. The van der Waals surface area contributed by atoms with Crippen molar-refractivity contribution >= 4 is 41.7 Å². The second-order valence-corrected chi connectivity index (χ2v) is 8.50. The van der Waals surface area contributed by atoms with Crippen LogP contribution in [0.25, 0.3) is 0 Å². The molecule has 4 atom stereocenters. The molecular formula is C17H30IN3OS. The topological polar surface area (TPSA) is 36.9 Å². The first-order valence-electron chi connectivity index (χ1n) is 9.11. The highest BCUT2D eigenvalue weighted by molar-refractivity contribution is 14.0. The average molecular weight is 451 g/mol. The van der Waals surface area contributed by atoms with Gasteiger partial charge in [0, 0.05) is 38.0 Å². The molecule has 0 saturated carbocycles. The van der Waals surface area contributed by atoms with Crippen molar-refractivity contribution in [2.75, 3.05) is 37.7 Å². The highest BCUT2D eigenvalue weighted by Crippen LogP contribution is 2.47. The highest BCUT2D eigenvalue weighted by atomic mass is 127. The minimum absolute atomic E-state index is 0. The highest BCUT2D eigenvalue weighted by Gasteiger charge is 2.53. The molecule has 0 spiro atoms. The van der Waals surface area contributed by atoms with Crippen LogP contribution in [0.5, 0.6) is 0 Å². The number of ether oxygens (including phenoxy) is 1. The molecule has 1 N–H and O–H groups in total. The number of halogens is 1. The Labute approximate surface area is 161 Å². The fourth-order valence-electron chi connectivity index (χ4n) is 4.70. The van der Waals surface area contributed by atoms with E-state index in [1.54, 1.807) is 0 Å². The van der Waals surface area contributed by atoms with E-state index >= 15 is 0 Å². The monoisotopic (exact) mass is 451 g/mol. The maximum absolute atomic E-state index is 6.09. The Bertz CT molecular complexity index is 412. The van der Waals surface area contributed by atoms with Gasteiger partial charge < -0.3 is 15.0 Å². The van der Waals surface area contributed by atoms with Crippen LogP contribution in [0.2, 0.25) is 0 Å². The first kappa shape index (κ1) is 18.1. The number of thioether (sulfide) groups is 1. The van der Waals surface area contributed by atoms with E-state index in [2.05, 4.69) is 28.9 Å². The summed E-state index contributed by atoms with van der Waals surface area (Å²) in [6.45, 7) is 6.46. The first-order valence-corrected chi connectivity index (χ1v) is 10.3. The summed E-state index contributed by atoms with van der Waals surface area (Å²) in [5.74, 6) is 6.13. The van der Waals surface area contributed by atoms with E-state index in [4.69, 9.17) is 9.73 Å². The van der Waals surface area contributed by atoms with E-state index in [9.17, 15) is 0 Å². The number of hydrogen-bond acceptors (Lipinski definition) is 3. The van der Waals surface area contributed by atoms with Gasteiger partial charge in [0.2, 0.25) is 0 Å². The average Bonchev–Trinajstić information content (AvgIpc) is 3.24. The van der Waals surface area contributed by atoms with E-state index in [1.807, 2.05) is 0 Å². The Balaban J connectivity index is 0.00000156. The van der Waals surface area contributed by atoms with Crippen molar-refractivity contribution in [2.45, 2.75) is 44.8 Å². The minimum atomic E-state index is 0. The molecule has 2 bridgehead atoms. The van der Waals surface area contributed by atoms with E-state index in [-0.39, 0.29) is 24.0 Å². The zero-order valence-electron chi connectivity index (χ0n) is 14.1. The molecule has 0 amide bonds. The van der Waals surface area contributed by atoms with Crippen molar-refractivity contribution in [3.8, 4) is 0 Å². The lowest BCUT2D eigenvalue weighted by atomic mass is 9.82. The van der Waals surface area contributed by atoms with Gasteiger partial charge >= 0.3 is 0 Å². The maximum Gasteiger partial charge on any atom is 0.193 e. The summed E-state index contributed by atoms with van der Waals surface area (Å²) in [6.07, 6.45) is 6.34. The van der Waals surface area contributed by atoms with Gasteiger partial charge in [-0.2, -0.15) is 11.8 Å². The quantitative estimate of drug-likeness (QED) is 0.407. The summed E-state index contributed by atoms with van der Waals surface area (Å²) in [7, 11) is 0. The second-order valence-electron chi connectivity index (χ2n) is 7.27. The van der Waals surface area contributed by atoms with Gasteiger partial charge in [-0.1, -0.05) is 0 Å². The lowest BCUT2D eigenvalue weighted by molar-refractivity contribution is 0.0767. The Kier molecular flexibility index (Phi) is 6.40. The normalized spacial score (nSPS) is 36.9. The maximum atomic E-state index is 6.09. The van der Waals surface area contributed by atoms with E-state index < -0.39 is 0 Å². The van der Waals surface area contributed by atoms with Crippen LogP contribution in [0.4, 0.5) is 0 Å². The summed E-state index contributed by atoms with van der Waals surface area (Å²) >= 11 is 2.10. The molecule has 4 unspecified atom stereocenters. The van der Waals surface area contributed by atoms with Crippen molar-refractivity contribution in [3.05, 3.63) is 0 Å². The van der Waals surface area contributed by atoms with E-state index in [0.717, 1.165) is 49.9 Å². The molecule has 4 fully saturated rings. The minimum Gasteiger partial charge on any atom is -0.374 e. The van der Waals surface area contributed by atoms with Gasteiger partial charge in [0.15, 0.2) is 5.96 Å². The van der Waals surface area contributed by atoms with Gasteiger partial charge in [0.25, 0.3) is 0 Å². The smallest absolute Gasteiger partial charge is 0.193 e. The third kappa shape index (κ3) is 3.78. The van der Waals surface area contributed by atoms with Crippen molar-refractivity contribution in [2.24, 2.45) is 22.7 Å². The number of guanidine groups is 1. The molecule has 0 radical (unpaired) electrons. The molecule has 23 heavy (non-hydrogen) atoms. The Hall–Kier alpha value is 0.310. The molecule has 4 heterocycles. The van der Waals surface area contributed by atoms with Crippen LogP contribution in [-0.2, 0) is 4.74 Å². The van der Waals surface area contributed by atoms with Crippen LogP contribution < -0.4 is 5.32 Å². The van der Waals surface area contributed by atoms with Gasteiger partial charge in [0.05, 0.1) is 12.2 Å². The number of likely N-dealkylation sites (tertiary alicyclic amines) is 1. The fourth-order valence-corrected chi connectivity index (χ4v) is 5.91. The third-order valence-electron chi connectivity index (χ3n) is 5.93. The zero-order valence-corrected chi connectivity index (χ0v) is 17.2. The largest absolute Gasteiger partial charge is 0.374 e. The molecule has 0 aromatic heterocycles.